The molecule has 0 spiro atoms. The van der Waals surface area contributed by atoms with E-state index in [1.165, 1.54) is 28.1 Å². The number of rotatable bonds is 3. The molecule has 1 aromatic heterocycles. The Morgan fingerprint density at radius 2 is 2.11 bits per heavy atom. The van der Waals surface area contributed by atoms with Gasteiger partial charge in [0, 0.05) is 24.2 Å². The number of ether oxygens (including phenoxy) is 1. The number of aliphatic hydroxyl groups excluding tert-OH is 1. The van der Waals surface area contributed by atoms with E-state index in [4.69, 9.17) is 4.74 Å². The van der Waals surface area contributed by atoms with Crippen LogP contribution in [0, 0.1) is 6.92 Å². The fourth-order valence-electron chi connectivity index (χ4n) is 2.96. The molecule has 3 nitrogen and oxygen atoms in total. The summed E-state index contributed by atoms with van der Waals surface area (Å²) in [5.74, 6) is 0.883. The second-order valence-corrected chi connectivity index (χ2v) is 5.32. The van der Waals surface area contributed by atoms with Gasteiger partial charge in [0.1, 0.15) is 5.75 Å². The van der Waals surface area contributed by atoms with Crippen LogP contribution >= 0.6 is 0 Å². The van der Waals surface area contributed by atoms with Gasteiger partial charge >= 0.3 is 0 Å². The predicted molar refractivity (Wildman–Crippen MR) is 75.6 cm³/mol. The van der Waals surface area contributed by atoms with Crippen LogP contribution in [0.3, 0.4) is 0 Å². The van der Waals surface area contributed by atoms with Crippen molar-refractivity contribution in [2.24, 2.45) is 0 Å². The average Bonchev–Trinajstić information content (AvgIpc) is 2.85. The lowest BCUT2D eigenvalue weighted by Crippen LogP contribution is -2.13. The van der Waals surface area contributed by atoms with Gasteiger partial charge in [-0.25, -0.2) is 0 Å². The van der Waals surface area contributed by atoms with Gasteiger partial charge in [-0.15, -0.1) is 0 Å². The molecule has 1 aliphatic carbocycles. The molecule has 1 N–H and O–H groups in total. The highest BCUT2D eigenvalue weighted by molar-refractivity contribution is 5.76. The largest absolute Gasteiger partial charge is 0.497 e. The Kier molecular flexibility index (Phi) is 2.86. The minimum atomic E-state index is -0.343. The van der Waals surface area contributed by atoms with Crippen molar-refractivity contribution in [3.63, 3.8) is 0 Å². The summed E-state index contributed by atoms with van der Waals surface area (Å²) in [6.07, 6.45) is 0.632. The number of aliphatic hydroxyl groups is 1. The molecule has 0 unspecified atom stereocenters. The third-order valence-electron chi connectivity index (χ3n) is 3.78. The monoisotopic (exact) mass is 257 g/mol. The van der Waals surface area contributed by atoms with Gasteiger partial charge in [0.15, 0.2) is 0 Å². The number of methoxy groups -OCH3 is 1. The standard InChI is InChI=1S/C16H19NO2/c1-10-6-13-7-12-4-5-14(19-3)8-15(12)16(13)17(10)9-11(2)18/h4-6,8,11,18H,7,9H2,1-3H3/t11-/m1/s1. The maximum Gasteiger partial charge on any atom is 0.119 e. The molecule has 19 heavy (non-hydrogen) atoms. The third kappa shape index (κ3) is 1.94. The van der Waals surface area contributed by atoms with E-state index in [-0.39, 0.29) is 6.10 Å². The van der Waals surface area contributed by atoms with Crippen molar-refractivity contribution >= 4 is 0 Å². The lowest BCUT2D eigenvalue weighted by Gasteiger charge is -2.14. The molecule has 0 bridgehead atoms. The van der Waals surface area contributed by atoms with Crippen LogP contribution in [0.4, 0.5) is 0 Å². The molecule has 2 aromatic rings. The first-order valence-corrected chi connectivity index (χ1v) is 6.64. The first-order valence-electron chi connectivity index (χ1n) is 6.64. The molecule has 0 aliphatic heterocycles. The van der Waals surface area contributed by atoms with Gasteiger partial charge in [-0.2, -0.15) is 0 Å². The summed E-state index contributed by atoms with van der Waals surface area (Å²) in [6.45, 7) is 4.56. The topological polar surface area (TPSA) is 34.4 Å². The van der Waals surface area contributed by atoms with Crippen LogP contribution in [-0.2, 0) is 13.0 Å². The number of benzene rings is 1. The van der Waals surface area contributed by atoms with E-state index in [2.05, 4.69) is 29.7 Å². The quantitative estimate of drug-likeness (QED) is 0.783. The van der Waals surface area contributed by atoms with E-state index in [0.29, 0.717) is 6.54 Å². The van der Waals surface area contributed by atoms with E-state index in [1.54, 1.807) is 7.11 Å². The molecule has 0 saturated carbocycles. The summed E-state index contributed by atoms with van der Waals surface area (Å²) < 4.78 is 7.54. The van der Waals surface area contributed by atoms with E-state index < -0.39 is 0 Å². The summed E-state index contributed by atoms with van der Waals surface area (Å²) in [7, 11) is 1.69. The molecule has 100 valence electrons. The van der Waals surface area contributed by atoms with Crippen LogP contribution < -0.4 is 4.74 Å². The second kappa shape index (κ2) is 4.42. The third-order valence-corrected chi connectivity index (χ3v) is 3.78. The molecule has 0 amide bonds. The number of fused-ring (bicyclic) bond motifs is 3. The minimum absolute atomic E-state index is 0.343. The predicted octanol–water partition coefficient (Wildman–Crippen LogP) is 2.76. The highest BCUT2D eigenvalue weighted by Crippen LogP contribution is 2.40. The Morgan fingerprint density at radius 3 is 2.79 bits per heavy atom. The van der Waals surface area contributed by atoms with Crippen molar-refractivity contribution in [2.45, 2.75) is 32.9 Å². The molecule has 0 saturated heterocycles. The summed E-state index contributed by atoms with van der Waals surface area (Å²) in [4.78, 5) is 0. The van der Waals surface area contributed by atoms with Gasteiger partial charge in [0.05, 0.1) is 18.9 Å². The summed E-state index contributed by atoms with van der Waals surface area (Å²) in [5, 5.41) is 9.68. The highest BCUT2D eigenvalue weighted by Gasteiger charge is 2.24. The molecule has 1 aliphatic rings. The molecule has 1 heterocycles. The first kappa shape index (κ1) is 12.3. The zero-order valence-corrected chi connectivity index (χ0v) is 11.6. The molecule has 0 radical (unpaired) electrons. The molecule has 1 atom stereocenters. The average molecular weight is 257 g/mol. The van der Waals surface area contributed by atoms with Crippen LogP contribution in [0.25, 0.3) is 11.3 Å². The fourth-order valence-corrected chi connectivity index (χ4v) is 2.96. The van der Waals surface area contributed by atoms with Crippen molar-refractivity contribution in [3.05, 3.63) is 41.1 Å². The van der Waals surface area contributed by atoms with Crippen molar-refractivity contribution < 1.29 is 9.84 Å². The van der Waals surface area contributed by atoms with Crippen LogP contribution in [0.15, 0.2) is 24.3 Å². The lowest BCUT2D eigenvalue weighted by molar-refractivity contribution is 0.173. The van der Waals surface area contributed by atoms with Crippen molar-refractivity contribution in [2.75, 3.05) is 7.11 Å². The van der Waals surface area contributed by atoms with E-state index >= 15 is 0 Å². The normalized spacial score (nSPS) is 14.1. The highest BCUT2D eigenvalue weighted by atomic mass is 16.5. The van der Waals surface area contributed by atoms with E-state index in [9.17, 15) is 5.11 Å². The van der Waals surface area contributed by atoms with Gasteiger partial charge in [0.25, 0.3) is 0 Å². The zero-order chi connectivity index (χ0) is 13.6. The Morgan fingerprint density at radius 1 is 1.32 bits per heavy atom. The van der Waals surface area contributed by atoms with E-state index in [1.807, 2.05) is 13.0 Å². The number of nitrogens with zero attached hydrogens (tertiary/aromatic N) is 1. The Bertz CT molecular complexity index is 626. The number of hydrogen-bond acceptors (Lipinski definition) is 2. The van der Waals surface area contributed by atoms with Crippen LogP contribution in [-0.4, -0.2) is 22.9 Å². The SMILES string of the molecule is COc1ccc2c(c1)-c1c(cc(C)n1C[C@@H](C)O)C2. The van der Waals surface area contributed by atoms with Crippen molar-refractivity contribution in [3.8, 4) is 17.0 Å². The second-order valence-electron chi connectivity index (χ2n) is 5.32. The molecular weight excluding hydrogens is 238 g/mol. The van der Waals surface area contributed by atoms with Gasteiger partial charge in [-0.3, -0.25) is 0 Å². The smallest absolute Gasteiger partial charge is 0.119 e. The Labute approximate surface area is 113 Å². The van der Waals surface area contributed by atoms with E-state index in [0.717, 1.165) is 12.2 Å². The molecule has 0 fully saturated rings. The minimum Gasteiger partial charge on any atom is -0.497 e. The summed E-state index contributed by atoms with van der Waals surface area (Å²) >= 11 is 0. The maximum absolute atomic E-state index is 9.68. The first-order chi connectivity index (χ1) is 9.10. The number of hydrogen-bond donors (Lipinski definition) is 1. The van der Waals surface area contributed by atoms with Crippen LogP contribution in [0.2, 0.25) is 0 Å². The molecule has 3 heteroatoms. The Hall–Kier alpha value is -1.74. The summed E-state index contributed by atoms with van der Waals surface area (Å²) in [5.41, 5.74) is 6.38. The maximum atomic E-state index is 9.68. The van der Waals surface area contributed by atoms with Gasteiger partial charge < -0.3 is 14.4 Å². The van der Waals surface area contributed by atoms with Crippen molar-refractivity contribution in [1.29, 1.82) is 0 Å². The molecule has 1 aromatic carbocycles. The molecular formula is C16H19NO2. The zero-order valence-electron chi connectivity index (χ0n) is 11.6. The Balaban J connectivity index is 2.14. The van der Waals surface area contributed by atoms with Gasteiger partial charge in [-0.05, 0) is 43.2 Å². The van der Waals surface area contributed by atoms with Crippen molar-refractivity contribution in [1.82, 2.24) is 4.57 Å². The van der Waals surface area contributed by atoms with Gasteiger partial charge in [0.2, 0.25) is 0 Å². The van der Waals surface area contributed by atoms with Gasteiger partial charge in [-0.1, -0.05) is 6.07 Å². The lowest BCUT2D eigenvalue weighted by atomic mass is 10.1. The summed E-state index contributed by atoms with van der Waals surface area (Å²) in [6, 6.07) is 8.47. The fraction of sp³-hybridized carbons (Fsp3) is 0.375. The van der Waals surface area contributed by atoms with Crippen LogP contribution in [0.5, 0.6) is 5.75 Å². The number of aromatic nitrogens is 1. The van der Waals surface area contributed by atoms with Crippen LogP contribution in [0.1, 0.15) is 23.7 Å². The molecule has 3 rings (SSSR count). The number of aryl methyl sites for hydroxylation is 1.